The molecule has 16 heavy (non-hydrogen) atoms. The molecule has 0 aromatic carbocycles. The van der Waals surface area contributed by atoms with Gasteiger partial charge in [-0.2, -0.15) is 0 Å². The first kappa shape index (κ1) is 13.5. The van der Waals surface area contributed by atoms with Crippen molar-refractivity contribution in [3.8, 4) is 0 Å². The quantitative estimate of drug-likeness (QED) is 0.691. The normalized spacial score (nSPS) is 19.2. The molecule has 0 aromatic heterocycles. The second kappa shape index (κ2) is 6.86. The first-order valence-corrected chi connectivity index (χ1v) is 6.23. The van der Waals surface area contributed by atoms with Gasteiger partial charge in [-0.3, -0.25) is 9.69 Å². The monoisotopic (exact) mass is 229 g/mol. The first-order chi connectivity index (χ1) is 7.65. The van der Waals surface area contributed by atoms with E-state index in [2.05, 4.69) is 4.90 Å². The van der Waals surface area contributed by atoms with E-state index in [1.807, 2.05) is 0 Å². The number of rotatable bonds is 7. The van der Waals surface area contributed by atoms with Gasteiger partial charge in [-0.1, -0.05) is 19.8 Å². The van der Waals surface area contributed by atoms with Gasteiger partial charge >= 0.3 is 5.97 Å². The second-order valence-corrected chi connectivity index (χ2v) is 4.75. The summed E-state index contributed by atoms with van der Waals surface area (Å²) in [4.78, 5) is 13.1. The number of nitrogens with zero attached hydrogens (tertiary/aromatic N) is 1. The molecular weight excluding hydrogens is 206 g/mol. The maximum atomic E-state index is 10.8. The standard InChI is InChI=1S/C12H23NO3/c1-10(12(15)16)9-13(7-4-8-14)11-5-2-3-6-11/h10-11,14H,2-9H2,1H3,(H,15,16). The Labute approximate surface area is 97.3 Å². The summed E-state index contributed by atoms with van der Waals surface area (Å²) in [5.41, 5.74) is 0. The first-order valence-electron chi connectivity index (χ1n) is 6.23. The van der Waals surface area contributed by atoms with Gasteiger partial charge < -0.3 is 10.2 Å². The molecule has 0 spiro atoms. The van der Waals surface area contributed by atoms with Crippen LogP contribution in [-0.2, 0) is 4.79 Å². The largest absolute Gasteiger partial charge is 0.481 e. The van der Waals surface area contributed by atoms with E-state index < -0.39 is 5.97 Å². The molecule has 0 aliphatic heterocycles. The van der Waals surface area contributed by atoms with Crippen molar-refractivity contribution in [3.63, 3.8) is 0 Å². The number of carboxylic acids is 1. The molecule has 4 nitrogen and oxygen atoms in total. The Morgan fingerprint density at radius 1 is 1.44 bits per heavy atom. The Bertz CT molecular complexity index is 214. The average molecular weight is 229 g/mol. The molecule has 1 fully saturated rings. The fourth-order valence-corrected chi connectivity index (χ4v) is 2.40. The van der Waals surface area contributed by atoms with Crippen LogP contribution in [0.3, 0.4) is 0 Å². The molecule has 0 radical (unpaired) electrons. The minimum absolute atomic E-state index is 0.185. The SMILES string of the molecule is CC(CN(CCCO)C1CCCC1)C(=O)O. The molecule has 2 N–H and O–H groups in total. The third-order valence-electron chi connectivity index (χ3n) is 3.37. The third-order valence-corrected chi connectivity index (χ3v) is 3.37. The molecule has 0 heterocycles. The topological polar surface area (TPSA) is 60.8 Å². The zero-order chi connectivity index (χ0) is 12.0. The van der Waals surface area contributed by atoms with Crippen molar-refractivity contribution < 1.29 is 15.0 Å². The highest BCUT2D eigenvalue weighted by atomic mass is 16.4. The molecule has 1 aliphatic rings. The van der Waals surface area contributed by atoms with Gasteiger partial charge in [0.25, 0.3) is 0 Å². The molecule has 0 bridgehead atoms. The van der Waals surface area contributed by atoms with Crippen LogP contribution in [0.15, 0.2) is 0 Å². The molecular formula is C12H23NO3. The minimum atomic E-state index is -0.730. The predicted octanol–water partition coefficient (Wildman–Crippen LogP) is 1.33. The van der Waals surface area contributed by atoms with E-state index in [0.29, 0.717) is 12.6 Å². The Morgan fingerprint density at radius 2 is 2.06 bits per heavy atom. The molecule has 4 heteroatoms. The van der Waals surface area contributed by atoms with Gasteiger partial charge in [0.1, 0.15) is 0 Å². The lowest BCUT2D eigenvalue weighted by Gasteiger charge is -2.30. The Hall–Kier alpha value is -0.610. The van der Waals surface area contributed by atoms with Crippen LogP contribution in [0.2, 0.25) is 0 Å². The van der Waals surface area contributed by atoms with Crippen LogP contribution in [0.1, 0.15) is 39.0 Å². The molecule has 1 aliphatic carbocycles. The highest BCUT2D eigenvalue weighted by Crippen LogP contribution is 2.24. The van der Waals surface area contributed by atoms with E-state index in [1.54, 1.807) is 6.92 Å². The lowest BCUT2D eigenvalue weighted by molar-refractivity contribution is -0.141. The van der Waals surface area contributed by atoms with Gasteiger partial charge in [-0.25, -0.2) is 0 Å². The maximum Gasteiger partial charge on any atom is 0.307 e. The van der Waals surface area contributed by atoms with E-state index in [9.17, 15) is 4.79 Å². The fraction of sp³-hybridized carbons (Fsp3) is 0.917. The number of carbonyl (C=O) groups is 1. The van der Waals surface area contributed by atoms with Crippen molar-refractivity contribution in [2.75, 3.05) is 19.7 Å². The molecule has 1 unspecified atom stereocenters. The maximum absolute atomic E-state index is 10.8. The minimum Gasteiger partial charge on any atom is -0.481 e. The Morgan fingerprint density at radius 3 is 2.56 bits per heavy atom. The summed E-state index contributed by atoms with van der Waals surface area (Å²) in [6.07, 6.45) is 5.60. The highest BCUT2D eigenvalue weighted by Gasteiger charge is 2.25. The van der Waals surface area contributed by atoms with E-state index in [1.165, 1.54) is 25.7 Å². The van der Waals surface area contributed by atoms with Crippen molar-refractivity contribution >= 4 is 5.97 Å². The summed E-state index contributed by atoms with van der Waals surface area (Å²) in [7, 11) is 0. The van der Waals surface area contributed by atoms with Crippen LogP contribution in [-0.4, -0.2) is 46.8 Å². The van der Waals surface area contributed by atoms with Gasteiger partial charge in [0, 0.05) is 25.7 Å². The Kier molecular flexibility index (Phi) is 5.77. The summed E-state index contributed by atoms with van der Waals surface area (Å²) in [5, 5.41) is 17.8. The molecule has 94 valence electrons. The summed E-state index contributed by atoms with van der Waals surface area (Å²) < 4.78 is 0. The van der Waals surface area contributed by atoms with Crippen LogP contribution in [0.4, 0.5) is 0 Å². The average Bonchev–Trinajstić information content (AvgIpc) is 2.76. The van der Waals surface area contributed by atoms with Crippen LogP contribution in [0, 0.1) is 5.92 Å². The van der Waals surface area contributed by atoms with E-state index in [-0.39, 0.29) is 12.5 Å². The molecule has 1 atom stereocenters. The highest BCUT2D eigenvalue weighted by molar-refractivity contribution is 5.69. The van der Waals surface area contributed by atoms with Crippen molar-refractivity contribution in [3.05, 3.63) is 0 Å². The van der Waals surface area contributed by atoms with Gasteiger partial charge in [0.2, 0.25) is 0 Å². The summed E-state index contributed by atoms with van der Waals surface area (Å²) in [6.45, 7) is 3.37. The summed E-state index contributed by atoms with van der Waals surface area (Å²) in [5.74, 6) is -1.05. The zero-order valence-corrected chi connectivity index (χ0v) is 10.1. The lowest BCUT2D eigenvalue weighted by atomic mass is 10.1. The molecule has 1 rings (SSSR count). The van der Waals surface area contributed by atoms with Gasteiger partial charge in [0.15, 0.2) is 0 Å². The van der Waals surface area contributed by atoms with E-state index in [4.69, 9.17) is 10.2 Å². The number of carboxylic acid groups (broad SMARTS) is 1. The second-order valence-electron chi connectivity index (χ2n) is 4.75. The van der Waals surface area contributed by atoms with Gasteiger partial charge in [0.05, 0.1) is 5.92 Å². The van der Waals surface area contributed by atoms with Crippen molar-refractivity contribution in [1.29, 1.82) is 0 Å². The number of hydrogen-bond acceptors (Lipinski definition) is 3. The van der Waals surface area contributed by atoms with E-state index >= 15 is 0 Å². The lowest BCUT2D eigenvalue weighted by Crippen LogP contribution is -2.39. The number of hydrogen-bond donors (Lipinski definition) is 2. The van der Waals surface area contributed by atoms with Crippen LogP contribution >= 0.6 is 0 Å². The van der Waals surface area contributed by atoms with Gasteiger partial charge in [-0.05, 0) is 19.3 Å². The molecule has 0 saturated heterocycles. The van der Waals surface area contributed by atoms with Crippen molar-refractivity contribution in [2.45, 2.75) is 45.1 Å². The van der Waals surface area contributed by atoms with Crippen LogP contribution < -0.4 is 0 Å². The molecule has 1 saturated carbocycles. The van der Waals surface area contributed by atoms with Crippen molar-refractivity contribution in [2.24, 2.45) is 5.92 Å². The van der Waals surface area contributed by atoms with Gasteiger partial charge in [-0.15, -0.1) is 0 Å². The van der Waals surface area contributed by atoms with E-state index in [0.717, 1.165) is 13.0 Å². The van der Waals surface area contributed by atoms with Crippen LogP contribution in [0.5, 0.6) is 0 Å². The predicted molar refractivity (Wildman–Crippen MR) is 62.3 cm³/mol. The molecule has 0 amide bonds. The number of aliphatic hydroxyl groups is 1. The summed E-state index contributed by atoms with van der Waals surface area (Å²) in [6, 6.07) is 0.536. The smallest absolute Gasteiger partial charge is 0.307 e. The number of aliphatic hydroxyl groups excluding tert-OH is 1. The zero-order valence-electron chi connectivity index (χ0n) is 10.1. The van der Waals surface area contributed by atoms with Crippen molar-refractivity contribution in [1.82, 2.24) is 4.90 Å². The van der Waals surface area contributed by atoms with Crippen LogP contribution in [0.25, 0.3) is 0 Å². The number of aliphatic carboxylic acids is 1. The third kappa shape index (κ3) is 4.10. The fourth-order valence-electron chi connectivity index (χ4n) is 2.40. The summed E-state index contributed by atoms with van der Waals surface area (Å²) >= 11 is 0. The molecule has 0 aromatic rings. The Balaban J connectivity index is 2.45.